The van der Waals surface area contributed by atoms with Crippen LogP contribution in [0, 0.1) is 5.92 Å². The van der Waals surface area contributed by atoms with Gasteiger partial charge in [-0.2, -0.15) is 13.2 Å². The highest BCUT2D eigenvalue weighted by Gasteiger charge is 2.32. The van der Waals surface area contributed by atoms with E-state index in [2.05, 4.69) is 50.9 Å². The molecule has 8 heteroatoms. The Balaban J connectivity index is 1.81. The Morgan fingerprint density at radius 1 is 0.973 bits per heavy atom. The van der Waals surface area contributed by atoms with E-state index < -0.39 is 11.7 Å². The summed E-state index contributed by atoms with van der Waals surface area (Å²) in [5.74, 6) is 0.850. The number of hydrogen-bond acceptors (Lipinski definition) is 2. The third-order valence-electron chi connectivity index (χ3n) is 6.84. The number of aromatic nitrogens is 2. The van der Waals surface area contributed by atoms with Crippen molar-refractivity contribution in [1.29, 1.82) is 0 Å². The number of aromatic hydroxyl groups is 1. The van der Waals surface area contributed by atoms with Gasteiger partial charge >= 0.3 is 6.18 Å². The zero-order valence-electron chi connectivity index (χ0n) is 19.4. The van der Waals surface area contributed by atoms with Gasteiger partial charge in [0.1, 0.15) is 11.6 Å². The van der Waals surface area contributed by atoms with Gasteiger partial charge in [0.25, 0.3) is 0 Å². The lowest BCUT2D eigenvalue weighted by Gasteiger charge is -2.23. The van der Waals surface area contributed by atoms with E-state index >= 15 is 0 Å². The van der Waals surface area contributed by atoms with Crippen molar-refractivity contribution >= 4 is 59.7 Å². The van der Waals surface area contributed by atoms with Crippen LogP contribution in [-0.2, 0) is 12.6 Å². The van der Waals surface area contributed by atoms with Crippen molar-refractivity contribution in [3.8, 4) is 22.8 Å². The molecule has 1 aliphatic carbocycles. The van der Waals surface area contributed by atoms with Crippen molar-refractivity contribution in [2.45, 2.75) is 19.5 Å². The molecule has 0 bridgehead atoms. The third kappa shape index (κ3) is 4.07. The van der Waals surface area contributed by atoms with Gasteiger partial charge in [0.05, 0.1) is 16.6 Å². The molecule has 1 N–H and O–H groups in total. The maximum atomic E-state index is 13.7. The zero-order valence-corrected chi connectivity index (χ0v) is 22.6. The highest BCUT2D eigenvalue weighted by atomic mass is 79.9. The molecule has 0 saturated carbocycles. The van der Waals surface area contributed by atoms with Crippen LogP contribution in [0.5, 0.6) is 5.75 Å². The van der Waals surface area contributed by atoms with E-state index in [9.17, 15) is 18.3 Å². The fraction of sp³-hybridized carbons (Fsp3) is 0.138. The van der Waals surface area contributed by atoms with Gasteiger partial charge < -0.3 is 5.11 Å². The maximum Gasteiger partial charge on any atom is 0.416 e. The second kappa shape index (κ2) is 8.74. The fourth-order valence-corrected chi connectivity index (χ4v) is 5.81. The van der Waals surface area contributed by atoms with Gasteiger partial charge in [-0.3, -0.25) is 4.57 Å². The van der Waals surface area contributed by atoms with Crippen LogP contribution in [0.25, 0.3) is 45.0 Å². The minimum absolute atomic E-state index is 0.0955. The van der Waals surface area contributed by atoms with E-state index in [0.717, 1.165) is 54.9 Å². The maximum absolute atomic E-state index is 13.7. The SMILES string of the molecule is CC1Cc2c(c3c(nc(-c4ccc(O)cc4)n3-c3cccc(C(F)(F)F)c3)c3cc(Br)ccc23)C=C1Br. The standard InChI is InChI=1S/C29H19Br2F3N2O/c1-15-11-22-21-10-7-18(30)13-23(21)26-27(24(22)14-25(15)31)36(19-4-2-3-17(12-19)29(32,33)34)28(35-26)16-5-8-20(37)9-6-16/h2-10,12-15,37H,11H2,1H3. The minimum atomic E-state index is -4.49. The molecular weight excluding hydrogens is 609 g/mol. The molecule has 4 aromatic carbocycles. The smallest absolute Gasteiger partial charge is 0.416 e. The quantitative estimate of drug-likeness (QED) is 0.212. The van der Waals surface area contributed by atoms with Crippen LogP contribution >= 0.6 is 31.9 Å². The van der Waals surface area contributed by atoms with Gasteiger partial charge in [0.2, 0.25) is 0 Å². The van der Waals surface area contributed by atoms with Crippen LogP contribution in [0.4, 0.5) is 13.2 Å². The molecule has 1 unspecified atom stereocenters. The lowest BCUT2D eigenvalue weighted by atomic mass is 9.86. The van der Waals surface area contributed by atoms with Crippen LogP contribution in [0.1, 0.15) is 23.6 Å². The molecule has 37 heavy (non-hydrogen) atoms. The van der Waals surface area contributed by atoms with Crippen LogP contribution in [-0.4, -0.2) is 14.7 Å². The molecule has 1 heterocycles. The van der Waals surface area contributed by atoms with Crippen molar-refractivity contribution in [2.75, 3.05) is 0 Å². The summed E-state index contributed by atoms with van der Waals surface area (Å²) >= 11 is 7.29. The summed E-state index contributed by atoms with van der Waals surface area (Å²) in [5.41, 5.74) is 3.82. The lowest BCUT2D eigenvalue weighted by Crippen LogP contribution is -2.10. The minimum Gasteiger partial charge on any atom is -0.508 e. The third-order valence-corrected chi connectivity index (χ3v) is 8.34. The van der Waals surface area contributed by atoms with Gasteiger partial charge in [-0.1, -0.05) is 50.9 Å². The first-order chi connectivity index (χ1) is 17.6. The molecule has 1 atom stereocenters. The van der Waals surface area contributed by atoms with Crippen molar-refractivity contribution in [1.82, 2.24) is 9.55 Å². The largest absolute Gasteiger partial charge is 0.508 e. The fourth-order valence-electron chi connectivity index (χ4n) is 5.06. The topological polar surface area (TPSA) is 38.1 Å². The number of allylic oxidation sites excluding steroid dienone is 1. The average molecular weight is 628 g/mol. The molecule has 0 aliphatic heterocycles. The molecule has 0 amide bonds. The number of phenolic OH excluding ortho intramolecular Hbond substituents is 1. The van der Waals surface area contributed by atoms with Crippen molar-refractivity contribution in [2.24, 2.45) is 5.92 Å². The zero-order chi connectivity index (χ0) is 26.1. The van der Waals surface area contributed by atoms with Crippen LogP contribution in [0.15, 0.2) is 75.7 Å². The van der Waals surface area contributed by atoms with Crippen molar-refractivity contribution in [3.05, 3.63) is 92.4 Å². The van der Waals surface area contributed by atoms with E-state index in [1.165, 1.54) is 6.07 Å². The molecule has 1 aromatic heterocycles. The summed E-state index contributed by atoms with van der Waals surface area (Å²) in [6, 6.07) is 17.9. The van der Waals surface area contributed by atoms with Gasteiger partial charge in [-0.15, -0.1) is 0 Å². The van der Waals surface area contributed by atoms with E-state index in [1.54, 1.807) is 30.3 Å². The first-order valence-corrected chi connectivity index (χ1v) is 13.2. The Bertz CT molecular complexity index is 1740. The van der Waals surface area contributed by atoms with Crippen molar-refractivity contribution in [3.63, 3.8) is 0 Å². The summed E-state index contributed by atoms with van der Waals surface area (Å²) in [5, 5.41) is 11.9. The summed E-state index contributed by atoms with van der Waals surface area (Å²) in [6.45, 7) is 2.14. The second-order valence-electron chi connectivity index (χ2n) is 9.28. The number of fused-ring (bicyclic) bond motifs is 6. The van der Waals surface area contributed by atoms with Gasteiger partial charge in [-0.05, 0) is 88.4 Å². The predicted octanol–water partition coefficient (Wildman–Crippen LogP) is 9.26. The number of phenols is 1. The summed E-state index contributed by atoms with van der Waals surface area (Å²) in [7, 11) is 0. The first-order valence-electron chi connectivity index (χ1n) is 11.6. The predicted molar refractivity (Wildman–Crippen MR) is 148 cm³/mol. The molecule has 0 fully saturated rings. The Kier molecular flexibility index (Phi) is 5.73. The summed E-state index contributed by atoms with van der Waals surface area (Å²) in [4.78, 5) is 5.04. The number of imidazole rings is 1. The molecule has 186 valence electrons. The van der Waals surface area contributed by atoms with Crippen LogP contribution < -0.4 is 0 Å². The number of hydrogen-bond donors (Lipinski definition) is 1. The molecule has 5 aromatic rings. The van der Waals surface area contributed by atoms with Gasteiger partial charge in [0, 0.05) is 26.7 Å². The Labute approximate surface area is 227 Å². The Hall–Kier alpha value is -3.10. The second-order valence-corrected chi connectivity index (χ2v) is 11.1. The van der Waals surface area contributed by atoms with E-state index in [0.29, 0.717) is 22.6 Å². The summed E-state index contributed by atoms with van der Waals surface area (Å²) in [6.07, 6.45) is -1.64. The van der Waals surface area contributed by atoms with Gasteiger partial charge in [0.15, 0.2) is 0 Å². The molecule has 1 aliphatic rings. The highest BCUT2D eigenvalue weighted by Crippen LogP contribution is 2.44. The molecule has 0 radical (unpaired) electrons. The normalized spacial score (nSPS) is 15.7. The monoisotopic (exact) mass is 626 g/mol. The molecule has 0 spiro atoms. The number of halogens is 5. The molecule has 0 saturated heterocycles. The van der Waals surface area contributed by atoms with Crippen molar-refractivity contribution < 1.29 is 18.3 Å². The molecular formula is C29H19Br2F3N2O. The summed E-state index contributed by atoms with van der Waals surface area (Å²) < 4.78 is 44.9. The average Bonchev–Trinajstić information content (AvgIpc) is 3.26. The van der Waals surface area contributed by atoms with Gasteiger partial charge in [-0.25, -0.2) is 4.98 Å². The Morgan fingerprint density at radius 2 is 1.73 bits per heavy atom. The van der Waals surface area contributed by atoms with E-state index in [-0.39, 0.29) is 11.7 Å². The molecule has 6 rings (SSSR count). The number of nitrogens with zero attached hydrogens (tertiary/aromatic N) is 2. The van der Waals surface area contributed by atoms with Crippen LogP contribution in [0.2, 0.25) is 0 Å². The number of benzene rings is 4. The number of rotatable bonds is 2. The van der Waals surface area contributed by atoms with E-state index in [1.807, 2.05) is 16.7 Å². The highest BCUT2D eigenvalue weighted by molar-refractivity contribution is 9.11. The first kappa shape index (κ1) is 24.2. The van der Waals surface area contributed by atoms with E-state index in [4.69, 9.17) is 4.98 Å². The number of alkyl halides is 3. The lowest BCUT2D eigenvalue weighted by molar-refractivity contribution is -0.137. The molecule has 3 nitrogen and oxygen atoms in total. The van der Waals surface area contributed by atoms with Crippen LogP contribution in [0.3, 0.4) is 0 Å². The Morgan fingerprint density at radius 3 is 2.46 bits per heavy atom.